The smallest absolute Gasteiger partial charge is 0.317 e. The van der Waals surface area contributed by atoms with Gasteiger partial charge in [-0.25, -0.2) is 4.79 Å². The van der Waals surface area contributed by atoms with Crippen LogP contribution in [0.5, 0.6) is 0 Å². The van der Waals surface area contributed by atoms with Gasteiger partial charge in [0.25, 0.3) is 0 Å². The highest BCUT2D eigenvalue weighted by atomic mass is 16.2. The van der Waals surface area contributed by atoms with Crippen molar-refractivity contribution in [1.29, 1.82) is 0 Å². The molecule has 0 bridgehead atoms. The maximum Gasteiger partial charge on any atom is 0.317 e. The number of hydrogen-bond donors (Lipinski definition) is 2. The van der Waals surface area contributed by atoms with Crippen LogP contribution < -0.4 is 11.1 Å². The molecule has 0 aromatic heterocycles. The molecule has 0 radical (unpaired) electrons. The Morgan fingerprint density at radius 1 is 1.16 bits per heavy atom. The number of amides is 2. The number of hydrogen-bond acceptors (Lipinski definition) is 3. The number of carbonyl (C=O) groups excluding carboxylic acids is 1. The van der Waals surface area contributed by atoms with Crippen LogP contribution in [0.2, 0.25) is 0 Å². The maximum atomic E-state index is 11.8. The first-order valence-corrected chi connectivity index (χ1v) is 6.78. The Balaban J connectivity index is 1.75. The molecule has 104 valence electrons. The highest BCUT2D eigenvalue weighted by molar-refractivity contribution is 5.74. The summed E-state index contributed by atoms with van der Waals surface area (Å²) in [5, 5.41) is 2.81. The van der Waals surface area contributed by atoms with E-state index in [0.29, 0.717) is 13.1 Å². The number of piperazine rings is 1. The van der Waals surface area contributed by atoms with Crippen LogP contribution in [0.1, 0.15) is 5.56 Å². The summed E-state index contributed by atoms with van der Waals surface area (Å²) in [5.74, 6) is 0. The van der Waals surface area contributed by atoms with Crippen molar-refractivity contribution < 1.29 is 4.79 Å². The van der Waals surface area contributed by atoms with E-state index in [1.54, 1.807) is 0 Å². The highest BCUT2D eigenvalue weighted by Gasteiger charge is 2.20. The van der Waals surface area contributed by atoms with E-state index >= 15 is 0 Å². The Hall–Kier alpha value is -1.59. The van der Waals surface area contributed by atoms with Gasteiger partial charge in [-0.05, 0) is 5.56 Å². The van der Waals surface area contributed by atoms with Crippen LogP contribution in [0.15, 0.2) is 30.3 Å². The normalized spacial score (nSPS) is 16.4. The van der Waals surface area contributed by atoms with E-state index in [0.717, 1.165) is 32.7 Å². The largest absolute Gasteiger partial charge is 0.337 e. The molecule has 1 aromatic carbocycles. The first kappa shape index (κ1) is 13.8. The van der Waals surface area contributed by atoms with Crippen LogP contribution in [-0.4, -0.2) is 55.1 Å². The van der Waals surface area contributed by atoms with Crippen LogP contribution in [0.25, 0.3) is 0 Å². The maximum absolute atomic E-state index is 11.8. The van der Waals surface area contributed by atoms with E-state index in [-0.39, 0.29) is 6.03 Å². The molecule has 1 saturated heterocycles. The van der Waals surface area contributed by atoms with Crippen molar-refractivity contribution in [3.05, 3.63) is 35.9 Å². The van der Waals surface area contributed by atoms with Gasteiger partial charge in [-0.3, -0.25) is 4.90 Å². The standard InChI is InChI=1S/C14H22N4O/c15-6-7-16-14(19)18-10-8-17(9-11-18)12-13-4-2-1-3-5-13/h1-5H,6-12,15H2,(H,16,19). The number of benzene rings is 1. The molecule has 1 aromatic rings. The average Bonchev–Trinajstić information content (AvgIpc) is 2.46. The van der Waals surface area contributed by atoms with Crippen molar-refractivity contribution in [2.24, 2.45) is 5.73 Å². The fourth-order valence-electron chi connectivity index (χ4n) is 2.24. The lowest BCUT2D eigenvalue weighted by Gasteiger charge is -2.34. The van der Waals surface area contributed by atoms with Gasteiger partial charge in [0.1, 0.15) is 0 Å². The summed E-state index contributed by atoms with van der Waals surface area (Å²) < 4.78 is 0. The van der Waals surface area contributed by atoms with Crippen molar-refractivity contribution in [2.75, 3.05) is 39.3 Å². The molecule has 0 saturated carbocycles. The summed E-state index contributed by atoms with van der Waals surface area (Å²) in [6, 6.07) is 10.4. The van der Waals surface area contributed by atoms with Crippen molar-refractivity contribution in [3.8, 4) is 0 Å². The monoisotopic (exact) mass is 262 g/mol. The number of rotatable bonds is 4. The average molecular weight is 262 g/mol. The minimum absolute atomic E-state index is 0.00445. The van der Waals surface area contributed by atoms with Gasteiger partial charge in [-0.1, -0.05) is 30.3 Å². The molecule has 3 N–H and O–H groups in total. The summed E-state index contributed by atoms with van der Waals surface area (Å²) in [4.78, 5) is 16.0. The lowest BCUT2D eigenvalue weighted by molar-refractivity contribution is 0.135. The second-order valence-corrected chi connectivity index (χ2v) is 4.77. The third-order valence-corrected chi connectivity index (χ3v) is 3.33. The van der Waals surface area contributed by atoms with Crippen LogP contribution >= 0.6 is 0 Å². The Kier molecular flexibility index (Phi) is 5.18. The summed E-state index contributed by atoms with van der Waals surface area (Å²) in [6.07, 6.45) is 0. The summed E-state index contributed by atoms with van der Waals surface area (Å²) in [7, 11) is 0. The molecule has 0 unspecified atom stereocenters. The number of urea groups is 1. The summed E-state index contributed by atoms with van der Waals surface area (Å²) in [5.41, 5.74) is 6.70. The molecular formula is C14H22N4O. The second-order valence-electron chi connectivity index (χ2n) is 4.77. The van der Waals surface area contributed by atoms with E-state index in [1.165, 1.54) is 5.56 Å². The van der Waals surface area contributed by atoms with Crippen molar-refractivity contribution >= 4 is 6.03 Å². The van der Waals surface area contributed by atoms with Gasteiger partial charge >= 0.3 is 6.03 Å². The van der Waals surface area contributed by atoms with Crippen molar-refractivity contribution in [3.63, 3.8) is 0 Å². The van der Waals surface area contributed by atoms with Gasteiger partial charge < -0.3 is 16.0 Å². The Labute approximate surface area is 114 Å². The second kappa shape index (κ2) is 7.11. The lowest BCUT2D eigenvalue weighted by atomic mass is 10.2. The molecule has 1 fully saturated rings. The van der Waals surface area contributed by atoms with Crippen LogP contribution in [0.4, 0.5) is 4.79 Å². The molecule has 1 heterocycles. The van der Waals surface area contributed by atoms with Gasteiger partial charge in [-0.2, -0.15) is 0 Å². The Bertz CT molecular complexity index is 388. The Morgan fingerprint density at radius 3 is 2.47 bits per heavy atom. The number of nitrogens with two attached hydrogens (primary N) is 1. The minimum Gasteiger partial charge on any atom is -0.337 e. The van der Waals surface area contributed by atoms with Crippen LogP contribution in [-0.2, 0) is 6.54 Å². The molecule has 1 aliphatic rings. The van der Waals surface area contributed by atoms with Crippen molar-refractivity contribution in [2.45, 2.75) is 6.54 Å². The molecule has 0 aliphatic carbocycles. The van der Waals surface area contributed by atoms with Crippen molar-refractivity contribution in [1.82, 2.24) is 15.1 Å². The van der Waals surface area contributed by atoms with Gasteiger partial charge in [-0.15, -0.1) is 0 Å². The van der Waals surface area contributed by atoms with E-state index in [9.17, 15) is 4.79 Å². The molecule has 0 atom stereocenters. The SMILES string of the molecule is NCCNC(=O)N1CCN(Cc2ccccc2)CC1. The van der Waals surface area contributed by atoms with E-state index in [4.69, 9.17) is 5.73 Å². The first-order chi connectivity index (χ1) is 9.29. The highest BCUT2D eigenvalue weighted by Crippen LogP contribution is 2.08. The quantitative estimate of drug-likeness (QED) is 0.829. The fourth-order valence-corrected chi connectivity index (χ4v) is 2.24. The zero-order valence-corrected chi connectivity index (χ0v) is 11.2. The van der Waals surface area contributed by atoms with Crippen LogP contribution in [0.3, 0.4) is 0 Å². The minimum atomic E-state index is 0.00445. The molecule has 19 heavy (non-hydrogen) atoms. The topological polar surface area (TPSA) is 61.6 Å². The van der Waals surface area contributed by atoms with Crippen LogP contribution in [0, 0.1) is 0 Å². The predicted octanol–water partition coefficient (Wildman–Crippen LogP) is 0.473. The molecule has 0 spiro atoms. The third kappa shape index (κ3) is 4.22. The third-order valence-electron chi connectivity index (χ3n) is 3.33. The molecule has 5 heteroatoms. The first-order valence-electron chi connectivity index (χ1n) is 6.78. The van der Waals surface area contributed by atoms with Gasteiger partial charge in [0.2, 0.25) is 0 Å². The van der Waals surface area contributed by atoms with Gasteiger partial charge in [0, 0.05) is 45.8 Å². The van der Waals surface area contributed by atoms with E-state index in [1.807, 2.05) is 11.0 Å². The lowest BCUT2D eigenvalue weighted by Crippen LogP contribution is -2.52. The number of carbonyl (C=O) groups is 1. The summed E-state index contributed by atoms with van der Waals surface area (Å²) in [6.45, 7) is 5.39. The molecule has 2 amide bonds. The molecule has 5 nitrogen and oxygen atoms in total. The number of nitrogens with one attached hydrogen (secondary N) is 1. The zero-order chi connectivity index (χ0) is 13.5. The zero-order valence-electron chi connectivity index (χ0n) is 11.2. The molecule has 2 rings (SSSR count). The number of nitrogens with zero attached hydrogens (tertiary/aromatic N) is 2. The van der Waals surface area contributed by atoms with Gasteiger partial charge in [0.05, 0.1) is 0 Å². The predicted molar refractivity (Wildman–Crippen MR) is 75.7 cm³/mol. The van der Waals surface area contributed by atoms with Gasteiger partial charge in [0.15, 0.2) is 0 Å². The van der Waals surface area contributed by atoms with E-state index < -0.39 is 0 Å². The molecular weight excluding hydrogens is 240 g/mol. The van der Waals surface area contributed by atoms with E-state index in [2.05, 4.69) is 34.5 Å². The summed E-state index contributed by atoms with van der Waals surface area (Å²) >= 11 is 0. The molecule has 1 aliphatic heterocycles. The fraction of sp³-hybridized carbons (Fsp3) is 0.500. The Morgan fingerprint density at radius 2 is 1.84 bits per heavy atom.